The van der Waals surface area contributed by atoms with Gasteiger partial charge in [-0.05, 0) is 71.3 Å². The number of carbonyl (C=O) groups is 3. The molecule has 5 rings (SSSR count). The van der Waals surface area contributed by atoms with Crippen molar-refractivity contribution in [3.8, 4) is 11.1 Å². The number of hydrogen-bond acceptors (Lipinski definition) is 4. The molecule has 0 aromatic heterocycles. The number of benzene rings is 5. The maximum Gasteiger partial charge on any atom is 0.272 e. The van der Waals surface area contributed by atoms with Gasteiger partial charge in [-0.2, -0.15) is 0 Å². The molecular formula is C36H27ClN2O3S. The van der Waals surface area contributed by atoms with E-state index in [1.54, 1.807) is 66.7 Å². The number of thioether (sulfide) groups is 1. The average Bonchev–Trinajstić information content (AvgIpc) is 3.05. The zero-order chi connectivity index (χ0) is 30.0. The van der Waals surface area contributed by atoms with Crippen molar-refractivity contribution in [2.45, 2.75) is 4.90 Å². The zero-order valence-electron chi connectivity index (χ0n) is 23.0. The third-order valence-electron chi connectivity index (χ3n) is 6.48. The van der Waals surface area contributed by atoms with E-state index in [1.807, 2.05) is 72.8 Å². The van der Waals surface area contributed by atoms with Crippen molar-refractivity contribution in [2.75, 3.05) is 11.1 Å². The summed E-state index contributed by atoms with van der Waals surface area (Å²) in [5.41, 5.74) is 4.53. The molecule has 212 valence electrons. The van der Waals surface area contributed by atoms with E-state index >= 15 is 0 Å². The topological polar surface area (TPSA) is 75.3 Å². The van der Waals surface area contributed by atoms with Crippen LogP contribution in [0.4, 0.5) is 5.69 Å². The van der Waals surface area contributed by atoms with Crippen molar-refractivity contribution < 1.29 is 14.4 Å². The lowest BCUT2D eigenvalue weighted by Crippen LogP contribution is -2.30. The normalized spacial score (nSPS) is 11.0. The summed E-state index contributed by atoms with van der Waals surface area (Å²) in [5, 5.41) is 6.07. The first-order valence-corrected chi connectivity index (χ1v) is 14.9. The van der Waals surface area contributed by atoms with E-state index in [0.29, 0.717) is 27.4 Å². The lowest BCUT2D eigenvalue weighted by Gasteiger charge is -2.12. The fourth-order valence-corrected chi connectivity index (χ4v) is 5.24. The standard InChI is InChI=1S/C36H27ClN2O3S/c37-30-13-7-8-25(22-30)23-33(39-35(41)29-11-5-2-6-12-29)36(42)38-31-18-20-32(21-19-31)43-24-34(40)28-16-14-27(15-17-28)26-9-3-1-4-10-26/h1-23H,24H2,(H,38,42)(H,39,41)/b33-23-. The number of carbonyl (C=O) groups excluding carboxylic acids is 3. The number of nitrogens with one attached hydrogen (secondary N) is 2. The minimum atomic E-state index is -0.487. The Balaban J connectivity index is 1.21. The fourth-order valence-electron chi connectivity index (χ4n) is 4.25. The molecule has 0 atom stereocenters. The molecule has 0 bridgehead atoms. The summed E-state index contributed by atoms with van der Waals surface area (Å²) in [6.45, 7) is 0. The number of Topliss-reactive ketones (excluding diaryl/α,β-unsaturated/α-hetero) is 1. The summed E-state index contributed by atoms with van der Waals surface area (Å²) >= 11 is 7.55. The highest BCUT2D eigenvalue weighted by atomic mass is 35.5. The van der Waals surface area contributed by atoms with Gasteiger partial charge >= 0.3 is 0 Å². The lowest BCUT2D eigenvalue weighted by molar-refractivity contribution is -0.113. The smallest absolute Gasteiger partial charge is 0.272 e. The Kier molecular flexibility index (Phi) is 9.85. The van der Waals surface area contributed by atoms with Gasteiger partial charge in [0.2, 0.25) is 0 Å². The third kappa shape index (κ3) is 8.32. The van der Waals surface area contributed by atoms with Gasteiger partial charge in [0.15, 0.2) is 5.78 Å². The molecule has 0 aliphatic carbocycles. The predicted molar refractivity (Wildman–Crippen MR) is 175 cm³/mol. The second kappa shape index (κ2) is 14.3. The minimum absolute atomic E-state index is 0.0342. The van der Waals surface area contributed by atoms with Crippen LogP contribution in [0.5, 0.6) is 0 Å². The van der Waals surface area contributed by atoms with Gasteiger partial charge in [-0.15, -0.1) is 11.8 Å². The predicted octanol–water partition coefficient (Wildman–Crippen LogP) is 8.39. The molecule has 0 radical (unpaired) electrons. The number of rotatable bonds is 10. The van der Waals surface area contributed by atoms with Gasteiger partial charge in [0, 0.05) is 26.7 Å². The lowest BCUT2D eigenvalue weighted by atomic mass is 10.0. The van der Waals surface area contributed by atoms with Gasteiger partial charge in [0.1, 0.15) is 5.70 Å². The first-order chi connectivity index (χ1) is 20.9. The van der Waals surface area contributed by atoms with Crippen LogP contribution in [0.25, 0.3) is 17.2 Å². The molecule has 0 aliphatic rings. The largest absolute Gasteiger partial charge is 0.321 e. The van der Waals surface area contributed by atoms with Crippen LogP contribution in [-0.2, 0) is 4.79 Å². The first-order valence-electron chi connectivity index (χ1n) is 13.5. The molecule has 0 heterocycles. The second-order valence-electron chi connectivity index (χ2n) is 9.57. The Bertz CT molecular complexity index is 1750. The van der Waals surface area contributed by atoms with Gasteiger partial charge in [-0.25, -0.2) is 0 Å². The summed E-state index contributed by atoms with van der Waals surface area (Å²) in [4.78, 5) is 39.8. The third-order valence-corrected chi connectivity index (χ3v) is 7.73. The van der Waals surface area contributed by atoms with Crippen LogP contribution >= 0.6 is 23.4 Å². The van der Waals surface area contributed by atoms with Crippen molar-refractivity contribution >= 4 is 52.7 Å². The van der Waals surface area contributed by atoms with Crippen LogP contribution in [0.15, 0.2) is 144 Å². The van der Waals surface area contributed by atoms with Crippen molar-refractivity contribution in [1.82, 2.24) is 5.32 Å². The van der Waals surface area contributed by atoms with Crippen LogP contribution < -0.4 is 10.6 Å². The van der Waals surface area contributed by atoms with Gasteiger partial charge in [0.05, 0.1) is 5.75 Å². The summed E-state index contributed by atoms with van der Waals surface area (Å²) in [6, 6.07) is 40.5. The van der Waals surface area contributed by atoms with Crippen LogP contribution in [0.3, 0.4) is 0 Å². The Morgan fingerprint density at radius 3 is 2.00 bits per heavy atom. The van der Waals surface area contributed by atoms with Crippen LogP contribution in [0.2, 0.25) is 5.02 Å². The highest BCUT2D eigenvalue weighted by Gasteiger charge is 2.15. The zero-order valence-corrected chi connectivity index (χ0v) is 24.6. The van der Waals surface area contributed by atoms with Gasteiger partial charge < -0.3 is 10.6 Å². The molecule has 5 aromatic carbocycles. The summed E-state index contributed by atoms with van der Waals surface area (Å²) in [5.74, 6) is -0.574. The first kappa shape index (κ1) is 29.6. The van der Waals surface area contributed by atoms with Crippen LogP contribution in [0, 0.1) is 0 Å². The number of halogens is 1. The van der Waals surface area contributed by atoms with Crippen molar-refractivity contribution in [3.05, 3.63) is 161 Å². The second-order valence-corrected chi connectivity index (χ2v) is 11.1. The number of ketones is 1. The summed E-state index contributed by atoms with van der Waals surface area (Å²) < 4.78 is 0. The highest BCUT2D eigenvalue weighted by Crippen LogP contribution is 2.24. The molecule has 5 nitrogen and oxygen atoms in total. The van der Waals surface area contributed by atoms with E-state index < -0.39 is 11.8 Å². The molecule has 0 unspecified atom stereocenters. The maximum absolute atomic E-state index is 13.3. The Morgan fingerprint density at radius 1 is 0.674 bits per heavy atom. The quantitative estimate of drug-likeness (QED) is 0.0956. The molecule has 0 fully saturated rings. The fraction of sp³-hybridized carbons (Fsp3) is 0.0278. The van der Waals surface area contributed by atoms with Gasteiger partial charge in [0.25, 0.3) is 11.8 Å². The Labute approximate surface area is 259 Å². The van der Waals surface area contributed by atoms with Crippen molar-refractivity contribution in [2.24, 2.45) is 0 Å². The summed E-state index contributed by atoms with van der Waals surface area (Å²) in [7, 11) is 0. The monoisotopic (exact) mass is 602 g/mol. The van der Waals surface area contributed by atoms with Crippen molar-refractivity contribution in [3.63, 3.8) is 0 Å². The molecular weight excluding hydrogens is 576 g/mol. The molecule has 0 spiro atoms. The molecule has 0 saturated heterocycles. The average molecular weight is 603 g/mol. The number of amides is 2. The van der Waals surface area contributed by atoms with E-state index in [-0.39, 0.29) is 17.2 Å². The van der Waals surface area contributed by atoms with Gasteiger partial charge in [-0.3, -0.25) is 14.4 Å². The van der Waals surface area contributed by atoms with Gasteiger partial charge in [-0.1, -0.05) is 96.5 Å². The van der Waals surface area contributed by atoms with E-state index in [1.165, 1.54) is 11.8 Å². The Hall–Kier alpha value is -4.91. The van der Waals surface area contributed by atoms with E-state index in [0.717, 1.165) is 16.0 Å². The number of hydrogen-bond donors (Lipinski definition) is 2. The van der Waals surface area contributed by atoms with Crippen LogP contribution in [-0.4, -0.2) is 23.4 Å². The molecule has 7 heteroatoms. The molecule has 0 saturated carbocycles. The minimum Gasteiger partial charge on any atom is -0.321 e. The molecule has 43 heavy (non-hydrogen) atoms. The van der Waals surface area contributed by atoms with Crippen LogP contribution in [0.1, 0.15) is 26.3 Å². The van der Waals surface area contributed by atoms with Crippen molar-refractivity contribution in [1.29, 1.82) is 0 Å². The highest BCUT2D eigenvalue weighted by molar-refractivity contribution is 8.00. The molecule has 2 N–H and O–H groups in total. The molecule has 0 aliphatic heterocycles. The summed E-state index contributed by atoms with van der Waals surface area (Å²) in [6.07, 6.45) is 1.57. The SMILES string of the molecule is O=C(Nc1ccc(SCC(=O)c2ccc(-c3ccccc3)cc2)cc1)/C(=C/c1cccc(Cl)c1)NC(=O)c1ccccc1. The van der Waals surface area contributed by atoms with E-state index in [2.05, 4.69) is 10.6 Å². The van der Waals surface area contributed by atoms with E-state index in [4.69, 9.17) is 11.6 Å². The maximum atomic E-state index is 13.3. The Morgan fingerprint density at radius 2 is 1.33 bits per heavy atom. The molecule has 2 amide bonds. The van der Waals surface area contributed by atoms with E-state index in [9.17, 15) is 14.4 Å². The number of anilines is 1. The molecule has 5 aromatic rings.